The van der Waals surface area contributed by atoms with Crippen molar-refractivity contribution in [1.29, 1.82) is 0 Å². The van der Waals surface area contributed by atoms with Gasteiger partial charge in [-0.2, -0.15) is 0 Å². The number of carbonyl (C=O) groups excluding carboxylic acids is 1. The highest BCUT2D eigenvalue weighted by Gasteiger charge is 2.39. The van der Waals surface area contributed by atoms with Crippen LogP contribution in [0.4, 0.5) is 0 Å². The lowest BCUT2D eigenvalue weighted by Gasteiger charge is -2.40. The molecule has 0 aromatic heterocycles. The van der Waals surface area contributed by atoms with Crippen molar-refractivity contribution in [1.82, 2.24) is 5.32 Å². The fourth-order valence-electron chi connectivity index (χ4n) is 3.85. The second-order valence-corrected chi connectivity index (χ2v) is 6.37. The first-order valence-corrected chi connectivity index (χ1v) is 8.43. The molecule has 1 N–H and O–H groups in total. The number of rotatable bonds is 5. The maximum absolute atomic E-state index is 12.4. The first-order valence-electron chi connectivity index (χ1n) is 8.43. The van der Waals surface area contributed by atoms with Crippen molar-refractivity contribution in [3.63, 3.8) is 0 Å². The maximum Gasteiger partial charge on any atom is 0.336 e. The lowest BCUT2D eigenvalue weighted by molar-refractivity contribution is -0.139. The molecule has 2 bridgehead atoms. The molecule has 0 radical (unpaired) electrons. The molecule has 1 aromatic rings. The zero-order valence-corrected chi connectivity index (χ0v) is 13.5. The van der Waals surface area contributed by atoms with Gasteiger partial charge in [0.25, 0.3) is 0 Å². The average molecular weight is 299 g/mol. The maximum atomic E-state index is 12.4. The van der Waals surface area contributed by atoms with Gasteiger partial charge in [-0.25, -0.2) is 4.79 Å². The van der Waals surface area contributed by atoms with Crippen molar-refractivity contribution < 1.29 is 9.53 Å². The molecule has 0 aliphatic heterocycles. The molecule has 1 fully saturated rings. The monoisotopic (exact) mass is 299 g/mol. The van der Waals surface area contributed by atoms with E-state index in [2.05, 4.69) is 36.5 Å². The normalized spacial score (nSPS) is 25.0. The predicted octanol–water partition coefficient (Wildman–Crippen LogP) is 3.97. The van der Waals surface area contributed by atoms with Crippen LogP contribution in [-0.4, -0.2) is 12.6 Å². The van der Waals surface area contributed by atoms with Crippen molar-refractivity contribution in [2.45, 2.75) is 45.6 Å². The Morgan fingerprint density at radius 3 is 2.45 bits per heavy atom. The van der Waals surface area contributed by atoms with Crippen LogP contribution in [0.25, 0.3) is 0 Å². The van der Waals surface area contributed by atoms with Gasteiger partial charge >= 0.3 is 5.97 Å². The highest BCUT2D eigenvalue weighted by Crippen LogP contribution is 2.45. The molecular formula is C19H25NO2. The molecule has 3 nitrogen and oxygen atoms in total. The smallest absolute Gasteiger partial charge is 0.336 e. The number of fused-ring (bicyclic) bond motifs is 2. The Morgan fingerprint density at radius 1 is 1.18 bits per heavy atom. The second-order valence-electron chi connectivity index (χ2n) is 6.37. The minimum Gasteiger partial charge on any atom is -0.463 e. The molecule has 0 amide bonds. The van der Waals surface area contributed by atoms with Gasteiger partial charge in [-0.05, 0) is 56.9 Å². The molecule has 1 aromatic carbocycles. The van der Waals surface area contributed by atoms with Crippen LogP contribution in [0.2, 0.25) is 0 Å². The first-order chi connectivity index (χ1) is 10.7. The standard InChI is InChI=1S/C19H25NO2/c1-3-22-19(21)17-15-9-11-16(12-10-15)18(17)20-13(2)14-7-5-4-6-8-14/h4-8,13,15-16,20H,3,9-12H2,1-2H3/t13-,15?,16?/m0/s1. The van der Waals surface area contributed by atoms with E-state index in [4.69, 9.17) is 4.74 Å². The van der Waals surface area contributed by atoms with Crippen molar-refractivity contribution >= 4 is 5.97 Å². The van der Waals surface area contributed by atoms with Crippen LogP contribution in [0.5, 0.6) is 0 Å². The number of esters is 1. The lowest BCUT2D eigenvalue weighted by atomic mass is 9.69. The molecule has 0 heterocycles. The van der Waals surface area contributed by atoms with Gasteiger partial charge in [-0.15, -0.1) is 0 Å². The van der Waals surface area contributed by atoms with E-state index in [0.29, 0.717) is 18.4 Å². The molecule has 118 valence electrons. The largest absolute Gasteiger partial charge is 0.463 e. The molecule has 3 heteroatoms. The molecule has 22 heavy (non-hydrogen) atoms. The number of carbonyl (C=O) groups is 1. The number of hydrogen-bond acceptors (Lipinski definition) is 3. The SMILES string of the molecule is CCOC(=O)C1=C(N[C@@H](C)c2ccccc2)C2CCC1CC2. The molecule has 1 atom stereocenters. The third kappa shape index (κ3) is 2.90. The fourth-order valence-corrected chi connectivity index (χ4v) is 3.85. The Balaban J connectivity index is 1.87. The Morgan fingerprint density at radius 2 is 1.82 bits per heavy atom. The summed E-state index contributed by atoms with van der Waals surface area (Å²) in [5, 5.41) is 3.63. The minimum absolute atomic E-state index is 0.111. The summed E-state index contributed by atoms with van der Waals surface area (Å²) in [5.41, 5.74) is 3.32. The van der Waals surface area contributed by atoms with E-state index in [-0.39, 0.29) is 12.0 Å². The third-order valence-electron chi connectivity index (χ3n) is 5.00. The van der Waals surface area contributed by atoms with Gasteiger partial charge in [0.1, 0.15) is 0 Å². The zero-order valence-electron chi connectivity index (χ0n) is 13.5. The summed E-state index contributed by atoms with van der Waals surface area (Å²) >= 11 is 0. The zero-order chi connectivity index (χ0) is 15.5. The van der Waals surface area contributed by atoms with E-state index in [1.807, 2.05) is 13.0 Å². The molecule has 0 saturated heterocycles. The van der Waals surface area contributed by atoms with E-state index < -0.39 is 0 Å². The summed E-state index contributed by atoms with van der Waals surface area (Å²) in [4.78, 5) is 12.4. The van der Waals surface area contributed by atoms with Crippen molar-refractivity contribution in [2.24, 2.45) is 11.8 Å². The van der Waals surface area contributed by atoms with Gasteiger partial charge in [-0.3, -0.25) is 0 Å². The van der Waals surface area contributed by atoms with E-state index in [1.165, 1.54) is 18.4 Å². The number of allylic oxidation sites excluding steroid dienone is 1. The quantitative estimate of drug-likeness (QED) is 0.836. The van der Waals surface area contributed by atoms with Crippen LogP contribution in [0.1, 0.15) is 51.1 Å². The molecule has 3 aliphatic carbocycles. The average Bonchev–Trinajstić information content (AvgIpc) is 2.56. The van der Waals surface area contributed by atoms with Gasteiger partial charge < -0.3 is 10.1 Å². The summed E-state index contributed by atoms with van der Waals surface area (Å²) in [6.45, 7) is 4.48. The van der Waals surface area contributed by atoms with Gasteiger partial charge in [0.2, 0.25) is 0 Å². The molecule has 1 saturated carbocycles. The predicted molar refractivity (Wildman–Crippen MR) is 87.1 cm³/mol. The van der Waals surface area contributed by atoms with Crippen molar-refractivity contribution in [3.05, 3.63) is 47.2 Å². The number of ether oxygens (including phenoxy) is 1. The number of benzene rings is 1. The van der Waals surface area contributed by atoms with E-state index in [0.717, 1.165) is 24.1 Å². The number of hydrogen-bond donors (Lipinski definition) is 1. The van der Waals surface area contributed by atoms with Crippen LogP contribution in [0, 0.1) is 11.8 Å². The van der Waals surface area contributed by atoms with Crippen LogP contribution >= 0.6 is 0 Å². The van der Waals surface area contributed by atoms with Gasteiger partial charge in [-0.1, -0.05) is 30.3 Å². The van der Waals surface area contributed by atoms with Crippen LogP contribution in [-0.2, 0) is 9.53 Å². The van der Waals surface area contributed by atoms with Gasteiger partial charge in [0.15, 0.2) is 0 Å². The Labute approximate surface area is 132 Å². The van der Waals surface area contributed by atoms with E-state index >= 15 is 0 Å². The van der Waals surface area contributed by atoms with Crippen molar-refractivity contribution in [2.75, 3.05) is 6.61 Å². The van der Waals surface area contributed by atoms with E-state index in [1.54, 1.807) is 0 Å². The van der Waals surface area contributed by atoms with Crippen molar-refractivity contribution in [3.8, 4) is 0 Å². The molecule has 3 aliphatic rings. The van der Waals surface area contributed by atoms with Crippen LogP contribution in [0.15, 0.2) is 41.6 Å². The van der Waals surface area contributed by atoms with E-state index in [9.17, 15) is 4.79 Å². The Kier molecular flexibility index (Phi) is 4.51. The third-order valence-corrected chi connectivity index (χ3v) is 5.00. The van der Waals surface area contributed by atoms with Gasteiger partial charge in [0, 0.05) is 11.7 Å². The first kappa shape index (κ1) is 15.1. The van der Waals surface area contributed by atoms with Crippen LogP contribution in [0.3, 0.4) is 0 Å². The van der Waals surface area contributed by atoms with Crippen LogP contribution < -0.4 is 5.32 Å². The summed E-state index contributed by atoms with van der Waals surface area (Å²) < 4.78 is 5.31. The minimum atomic E-state index is -0.111. The number of nitrogens with one attached hydrogen (secondary N) is 1. The second kappa shape index (κ2) is 6.55. The topological polar surface area (TPSA) is 38.3 Å². The molecular weight excluding hydrogens is 274 g/mol. The Hall–Kier alpha value is -1.77. The highest BCUT2D eigenvalue weighted by atomic mass is 16.5. The van der Waals surface area contributed by atoms with Gasteiger partial charge in [0.05, 0.1) is 12.2 Å². The summed E-state index contributed by atoms with van der Waals surface area (Å²) in [6, 6.07) is 10.6. The summed E-state index contributed by atoms with van der Waals surface area (Å²) in [7, 11) is 0. The molecule has 0 spiro atoms. The lowest BCUT2D eigenvalue weighted by Crippen LogP contribution is -2.37. The molecule has 0 unspecified atom stereocenters. The highest BCUT2D eigenvalue weighted by molar-refractivity contribution is 5.90. The Bertz CT molecular complexity index is 556. The summed E-state index contributed by atoms with van der Waals surface area (Å²) in [6.07, 6.45) is 4.64. The summed E-state index contributed by atoms with van der Waals surface area (Å²) in [5.74, 6) is 0.768. The molecule has 4 rings (SSSR count). The fraction of sp³-hybridized carbons (Fsp3) is 0.526.